The average Bonchev–Trinajstić information content (AvgIpc) is 3.27. The maximum absolute atomic E-state index is 13.0. The van der Waals surface area contributed by atoms with E-state index in [0.29, 0.717) is 29.2 Å². The number of carbonyl (C=O) groups excluding carboxylic acids is 1. The number of hydrogen-bond acceptors (Lipinski definition) is 5. The van der Waals surface area contributed by atoms with Crippen molar-refractivity contribution in [2.45, 2.75) is 11.7 Å². The lowest BCUT2D eigenvalue weighted by Crippen LogP contribution is -2.29. The molecule has 0 bridgehead atoms. The first-order valence-corrected chi connectivity index (χ1v) is 13.2. The van der Waals surface area contributed by atoms with Gasteiger partial charge in [-0.3, -0.25) is 4.79 Å². The standard InChI is InChI=1S/C27H28N2O5S/c1-33-25-10-6-8-21(26(25)34-2)23(22-15-28-24-9-5-4-7-20(22)24)16-29-27(30)19-13-11-18(12-14-19)17-35(3,31)32/h4-15,23,28H,16-17H2,1-3H3,(H,29,30)/t23-/m1/s1. The number of H-pyrrole nitrogens is 1. The predicted octanol–water partition coefficient (Wildman–Crippen LogP) is 4.29. The number of aromatic amines is 1. The van der Waals surface area contributed by atoms with E-state index in [0.717, 1.165) is 22.0 Å². The van der Waals surface area contributed by atoms with Gasteiger partial charge in [0.15, 0.2) is 21.3 Å². The number of nitrogens with one attached hydrogen (secondary N) is 2. The smallest absolute Gasteiger partial charge is 0.251 e. The van der Waals surface area contributed by atoms with Crippen LogP contribution >= 0.6 is 0 Å². The van der Waals surface area contributed by atoms with Crippen molar-refractivity contribution in [1.82, 2.24) is 10.3 Å². The lowest BCUT2D eigenvalue weighted by molar-refractivity contribution is 0.0952. The van der Waals surface area contributed by atoms with E-state index in [1.807, 2.05) is 48.7 Å². The van der Waals surface area contributed by atoms with E-state index >= 15 is 0 Å². The van der Waals surface area contributed by atoms with Crippen LogP contribution in [0.15, 0.2) is 72.9 Å². The Morgan fingerprint density at radius 3 is 2.37 bits per heavy atom. The molecule has 3 aromatic carbocycles. The molecule has 1 amide bonds. The highest BCUT2D eigenvalue weighted by atomic mass is 32.2. The molecule has 0 saturated carbocycles. The molecule has 0 radical (unpaired) electrons. The summed E-state index contributed by atoms with van der Waals surface area (Å²) in [6.07, 6.45) is 3.14. The third-order valence-corrected chi connectivity index (χ3v) is 6.77. The monoisotopic (exact) mass is 492 g/mol. The highest BCUT2D eigenvalue weighted by molar-refractivity contribution is 7.89. The molecule has 182 valence electrons. The Hall–Kier alpha value is -3.78. The number of para-hydroxylation sites is 2. The molecule has 0 saturated heterocycles. The molecular formula is C27H28N2O5S. The SMILES string of the molecule is COc1cccc([C@@H](CNC(=O)c2ccc(CS(C)(=O)=O)cc2)c2c[nH]c3ccccc23)c1OC. The molecule has 0 unspecified atom stereocenters. The highest BCUT2D eigenvalue weighted by Gasteiger charge is 2.24. The van der Waals surface area contributed by atoms with Gasteiger partial charge < -0.3 is 19.8 Å². The molecule has 0 aliphatic carbocycles. The summed E-state index contributed by atoms with van der Waals surface area (Å²) in [7, 11) is 0.0527. The number of hydrogen-bond donors (Lipinski definition) is 2. The number of benzene rings is 3. The van der Waals surface area contributed by atoms with E-state index in [-0.39, 0.29) is 17.6 Å². The lowest BCUT2D eigenvalue weighted by Gasteiger charge is -2.22. The molecule has 1 heterocycles. The van der Waals surface area contributed by atoms with Gasteiger partial charge >= 0.3 is 0 Å². The number of rotatable bonds is 9. The highest BCUT2D eigenvalue weighted by Crippen LogP contribution is 2.40. The molecule has 2 N–H and O–H groups in total. The topological polar surface area (TPSA) is 97.5 Å². The Morgan fingerprint density at radius 1 is 0.943 bits per heavy atom. The second-order valence-corrected chi connectivity index (χ2v) is 10.5. The quantitative estimate of drug-likeness (QED) is 0.363. The number of ether oxygens (including phenoxy) is 2. The summed E-state index contributed by atoms with van der Waals surface area (Å²) in [5.74, 6) is 0.701. The summed E-state index contributed by atoms with van der Waals surface area (Å²) < 4.78 is 34.3. The van der Waals surface area contributed by atoms with Gasteiger partial charge in [-0.1, -0.05) is 42.5 Å². The maximum Gasteiger partial charge on any atom is 0.251 e. The van der Waals surface area contributed by atoms with E-state index in [2.05, 4.69) is 10.3 Å². The van der Waals surface area contributed by atoms with Crippen molar-refractivity contribution in [2.24, 2.45) is 0 Å². The molecule has 7 nitrogen and oxygen atoms in total. The van der Waals surface area contributed by atoms with E-state index in [1.54, 1.807) is 38.5 Å². The predicted molar refractivity (Wildman–Crippen MR) is 137 cm³/mol. The Morgan fingerprint density at radius 2 is 1.69 bits per heavy atom. The summed E-state index contributed by atoms with van der Waals surface area (Å²) in [6, 6.07) is 20.3. The largest absolute Gasteiger partial charge is 0.493 e. The van der Waals surface area contributed by atoms with Crippen LogP contribution in [0.4, 0.5) is 0 Å². The second-order valence-electron chi connectivity index (χ2n) is 8.40. The van der Waals surface area contributed by atoms with Crippen LogP contribution in [0.25, 0.3) is 10.9 Å². The third kappa shape index (κ3) is 5.49. The summed E-state index contributed by atoms with van der Waals surface area (Å²) >= 11 is 0. The molecule has 1 atom stereocenters. The van der Waals surface area contributed by atoms with Crippen LogP contribution in [0.2, 0.25) is 0 Å². The first-order chi connectivity index (χ1) is 16.8. The van der Waals surface area contributed by atoms with Crippen molar-refractivity contribution in [1.29, 1.82) is 0 Å². The zero-order valence-electron chi connectivity index (χ0n) is 19.9. The van der Waals surface area contributed by atoms with Gasteiger partial charge in [0.2, 0.25) is 0 Å². The molecule has 35 heavy (non-hydrogen) atoms. The first kappa shape index (κ1) is 24.3. The van der Waals surface area contributed by atoms with Crippen LogP contribution in [-0.4, -0.2) is 46.3 Å². The first-order valence-electron chi connectivity index (χ1n) is 11.1. The minimum absolute atomic E-state index is 0.0623. The zero-order chi connectivity index (χ0) is 25.0. The van der Waals surface area contributed by atoms with Crippen LogP contribution in [0.3, 0.4) is 0 Å². The third-order valence-electron chi connectivity index (χ3n) is 5.92. The Bertz CT molecular complexity index is 1440. The van der Waals surface area contributed by atoms with Crippen molar-refractivity contribution in [2.75, 3.05) is 27.0 Å². The lowest BCUT2D eigenvalue weighted by atomic mass is 9.89. The van der Waals surface area contributed by atoms with Crippen molar-refractivity contribution in [3.8, 4) is 11.5 Å². The summed E-state index contributed by atoms with van der Waals surface area (Å²) in [5, 5.41) is 4.10. The number of amides is 1. The number of aromatic nitrogens is 1. The molecule has 0 aliphatic heterocycles. The molecule has 0 aliphatic rings. The Kier molecular flexibility index (Phi) is 7.12. The number of methoxy groups -OCH3 is 2. The van der Waals surface area contributed by atoms with Gasteiger partial charge in [-0.05, 0) is 35.4 Å². The fraction of sp³-hybridized carbons (Fsp3) is 0.222. The molecule has 0 fully saturated rings. The van der Waals surface area contributed by atoms with Crippen molar-refractivity contribution < 1.29 is 22.7 Å². The molecular weight excluding hydrogens is 464 g/mol. The van der Waals surface area contributed by atoms with Crippen LogP contribution in [0, 0.1) is 0 Å². The fourth-order valence-electron chi connectivity index (χ4n) is 4.31. The van der Waals surface area contributed by atoms with Crippen molar-refractivity contribution in [3.05, 3.63) is 95.2 Å². The van der Waals surface area contributed by atoms with E-state index in [4.69, 9.17) is 9.47 Å². The average molecular weight is 493 g/mol. The van der Waals surface area contributed by atoms with Crippen molar-refractivity contribution in [3.63, 3.8) is 0 Å². The van der Waals surface area contributed by atoms with Gasteiger partial charge in [-0.15, -0.1) is 0 Å². The van der Waals surface area contributed by atoms with Gasteiger partial charge in [0.25, 0.3) is 5.91 Å². The van der Waals surface area contributed by atoms with Gasteiger partial charge in [-0.25, -0.2) is 8.42 Å². The Labute approximate surface area is 205 Å². The fourth-order valence-corrected chi connectivity index (χ4v) is 5.11. The van der Waals surface area contributed by atoms with Gasteiger partial charge in [0.05, 0.1) is 20.0 Å². The maximum atomic E-state index is 13.0. The van der Waals surface area contributed by atoms with E-state index < -0.39 is 9.84 Å². The Balaban J connectivity index is 1.65. The molecule has 8 heteroatoms. The summed E-state index contributed by atoms with van der Waals surface area (Å²) in [4.78, 5) is 16.3. The van der Waals surface area contributed by atoms with Gasteiger partial charge in [-0.2, -0.15) is 0 Å². The van der Waals surface area contributed by atoms with Crippen LogP contribution in [0.5, 0.6) is 11.5 Å². The molecule has 0 spiro atoms. The summed E-state index contributed by atoms with van der Waals surface area (Å²) in [5.41, 5.74) is 4.01. The van der Waals surface area contributed by atoms with E-state index in [1.165, 1.54) is 6.26 Å². The number of fused-ring (bicyclic) bond motifs is 1. The molecule has 1 aromatic heterocycles. The van der Waals surface area contributed by atoms with Crippen LogP contribution < -0.4 is 14.8 Å². The molecule has 4 rings (SSSR count). The number of carbonyl (C=O) groups is 1. The van der Waals surface area contributed by atoms with Crippen LogP contribution in [-0.2, 0) is 15.6 Å². The van der Waals surface area contributed by atoms with Crippen LogP contribution in [0.1, 0.15) is 33.0 Å². The normalized spacial score (nSPS) is 12.3. The van der Waals surface area contributed by atoms with Gasteiger partial charge in [0, 0.05) is 46.9 Å². The minimum atomic E-state index is -3.14. The minimum Gasteiger partial charge on any atom is -0.493 e. The van der Waals surface area contributed by atoms with E-state index in [9.17, 15) is 13.2 Å². The number of sulfone groups is 1. The zero-order valence-corrected chi connectivity index (χ0v) is 20.7. The second kappa shape index (κ2) is 10.2. The van der Waals surface area contributed by atoms with Gasteiger partial charge in [0.1, 0.15) is 0 Å². The van der Waals surface area contributed by atoms with Crippen molar-refractivity contribution >= 4 is 26.6 Å². The molecule has 4 aromatic rings. The summed E-state index contributed by atoms with van der Waals surface area (Å²) in [6.45, 7) is 0.315.